The topological polar surface area (TPSA) is 66.8 Å². The van der Waals surface area contributed by atoms with E-state index in [1.807, 2.05) is 36.0 Å². The van der Waals surface area contributed by atoms with Crippen LogP contribution in [0.4, 0.5) is 4.39 Å². The average Bonchev–Trinajstić information content (AvgIpc) is 3.32. The highest BCUT2D eigenvalue weighted by Crippen LogP contribution is 2.40. The van der Waals surface area contributed by atoms with Gasteiger partial charge < -0.3 is 18.8 Å². The molecule has 0 bridgehead atoms. The van der Waals surface area contributed by atoms with Crippen LogP contribution >= 0.6 is 0 Å². The maximum Gasteiger partial charge on any atom is 0.343 e. The smallest absolute Gasteiger partial charge is 0.343 e. The van der Waals surface area contributed by atoms with Gasteiger partial charge >= 0.3 is 5.97 Å². The van der Waals surface area contributed by atoms with Gasteiger partial charge in [0.2, 0.25) is 5.78 Å². The summed E-state index contributed by atoms with van der Waals surface area (Å²) in [7, 11) is 3.53. The van der Waals surface area contributed by atoms with Gasteiger partial charge in [0.25, 0.3) is 0 Å². The van der Waals surface area contributed by atoms with E-state index in [2.05, 4.69) is 0 Å². The second kappa shape index (κ2) is 8.19. The van der Waals surface area contributed by atoms with Crippen molar-refractivity contribution in [1.82, 2.24) is 4.57 Å². The summed E-state index contributed by atoms with van der Waals surface area (Å²) in [6.45, 7) is 1.71. The van der Waals surface area contributed by atoms with Crippen molar-refractivity contribution in [2.24, 2.45) is 7.05 Å². The molecule has 0 fully saturated rings. The first-order chi connectivity index (χ1) is 16.4. The molecule has 0 unspecified atom stereocenters. The largest absolute Gasteiger partial charge is 0.497 e. The van der Waals surface area contributed by atoms with E-state index < -0.39 is 11.8 Å². The number of hydrogen-bond donors (Lipinski definition) is 0. The van der Waals surface area contributed by atoms with Crippen LogP contribution in [0, 0.1) is 12.7 Å². The van der Waals surface area contributed by atoms with Crippen LogP contribution in [-0.4, -0.2) is 23.4 Å². The zero-order valence-corrected chi connectivity index (χ0v) is 18.7. The number of rotatable bonds is 4. The van der Waals surface area contributed by atoms with Crippen molar-refractivity contribution >= 4 is 28.7 Å². The van der Waals surface area contributed by atoms with Gasteiger partial charge in [-0.2, -0.15) is 0 Å². The molecule has 1 aliphatic rings. The fourth-order valence-corrected chi connectivity index (χ4v) is 4.01. The molecule has 170 valence electrons. The van der Waals surface area contributed by atoms with Gasteiger partial charge in [0.1, 0.15) is 23.1 Å². The molecule has 0 aliphatic carbocycles. The molecule has 3 aromatic carbocycles. The van der Waals surface area contributed by atoms with Gasteiger partial charge in [-0.15, -0.1) is 0 Å². The number of esters is 1. The number of fused-ring (bicyclic) bond motifs is 2. The fraction of sp³-hybridized carbons (Fsp3) is 0.111. The van der Waals surface area contributed by atoms with Gasteiger partial charge in [0.15, 0.2) is 5.76 Å². The maximum atomic E-state index is 13.1. The first-order valence-corrected chi connectivity index (χ1v) is 10.5. The summed E-state index contributed by atoms with van der Waals surface area (Å²) in [5.74, 6) is 0.165. The Morgan fingerprint density at radius 1 is 1.09 bits per heavy atom. The van der Waals surface area contributed by atoms with Crippen molar-refractivity contribution in [2.75, 3.05) is 7.11 Å². The molecular formula is C27H20FNO5. The molecule has 1 aromatic heterocycles. The molecule has 1 aliphatic heterocycles. The standard InChI is InChI=1S/C27H20FNO5/c1-15-23(34-27(31)16-4-6-18(28)7-5-16)11-9-20-25(30)24(33-26(15)20)12-17-14-29(2)22-10-8-19(32-3)13-21(17)22/h4-14H,1-3H3/b24-12+. The first kappa shape index (κ1) is 21.5. The van der Waals surface area contributed by atoms with E-state index in [1.54, 1.807) is 32.2 Å². The van der Waals surface area contributed by atoms with E-state index in [4.69, 9.17) is 14.2 Å². The molecule has 0 saturated carbocycles. The molecule has 0 spiro atoms. The first-order valence-electron chi connectivity index (χ1n) is 10.5. The molecule has 0 radical (unpaired) electrons. The normalized spacial score (nSPS) is 13.8. The van der Waals surface area contributed by atoms with Crippen molar-refractivity contribution in [2.45, 2.75) is 6.92 Å². The molecule has 5 rings (SSSR count). The lowest BCUT2D eigenvalue weighted by atomic mass is 10.1. The van der Waals surface area contributed by atoms with Crippen molar-refractivity contribution < 1.29 is 28.2 Å². The van der Waals surface area contributed by atoms with Crippen LogP contribution in [0.5, 0.6) is 17.2 Å². The predicted octanol–water partition coefficient (Wildman–Crippen LogP) is 5.47. The Labute approximate surface area is 194 Å². The number of nitrogens with zero attached hydrogens (tertiary/aromatic N) is 1. The minimum atomic E-state index is -0.632. The maximum absolute atomic E-state index is 13.1. The number of ether oxygens (including phenoxy) is 3. The highest BCUT2D eigenvalue weighted by atomic mass is 19.1. The van der Waals surface area contributed by atoms with Crippen molar-refractivity contribution in [1.29, 1.82) is 0 Å². The quantitative estimate of drug-likeness (QED) is 0.231. The molecular weight excluding hydrogens is 437 g/mol. The average molecular weight is 457 g/mol. The molecule has 0 amide bonds. The van der Waals surface area contributed by atoms with E-state index in [-0.39, 0.29) is 22.9 Å². The van der Waals surface area contributed by atoms with Gasteiger partial charge in [-0.3, -0.25) is 4.79 Å². The third-order valence-electron chi connectivity index (χ3n) is 5.83. The summed E-state index contributed by atoms with van der Waals surface area (Å²) < 4.78 is 31.9. The Kier molecular flexibility index (Phi) is 5.17. The number of ketones is 1. The van der Waals surface area contributed by atoms with Gasteiger partial charge in [-0.05, 0) is 67.6 Å². The highest BCUT2D eigenvalue weighted by Gasteiger charge is 2.31. The van der Waals surface area contributed by atoms with Gasteiger partial charge in [0, 0.05) is 35.3 Å². The van der Waals surface area contributed by atoms with Crippen LogP contribution in [-0.2, 0) is 7.05 Å². The predicted molar refractivity (Wildman–Crippen MR) is 125 cm³/mol. The summed E-state index contributed by atoms with van der Waals surface area (Å²) in [5, 5.41) is 0.923. The number of carbonyl (C=O) groups is 2. The Morgan fingerprint density at radius 2 is 1.85 bits per heavy atom. The third kappa shape index (κ3) is 3.61. The number of methoxy groups -OCH3 is 1. The van der Waals surface area contributed by atoms with Crippen molar-refractivity contribution in [3.63, 3.8) is 0 Å². The minimum absolute atomic E-state index is 0.176. The molecule has 0 saturated heterocycles. The molecule has 4 aromatic rings. The van der Waals surface area contributed by atoms with Crippen LogP contribution < -0.4 is 14.2 Å². The van der Waals surface area contributed by atoms with Gasteiger partial charge in [-0.1, -0.05) is 0 Å². The lowest BCUT2D eigenvalue weighted by Gasteiger charge is -2.10. The number of halogens is 1. The Hall–Kier alpha value is -4.39. The fourth-order valence-electron chi connectivity index (χ4n) is 4.01. The third-order valence-corrected chi connectivity index (χ3v) is 5.83. The Bertz CT molecular complexity index is 1500. The van der Waals surface area contributed by atoms with E-state index in [9.17, 15) is 14.0 Å². The lowest BCUT2D eigenvalue weighted by Crippen LogP contribution is -2.09. The van der Waals surface area contributed by atoms with Crippen LogP contribution in [0.3, 0.4) is 0 Å². The van der Waals surface area contributed by atoms with Crippen molar-refractivity contribution in [3.8, 4) is 17.2 Å². The van der Waals surface area contributed by atoms with Crippen LogP contribution in [0.1, 0.15) is 31.8 Å². The molecule has 2 heterocycles. The van der Waals surface area contributed by atoms with E-state index in [0.29, 0.717) is 22.6 Å². The SMILES string of the molecule is COc1ccc2c(c1)c(/C=C1/Oc3c(ccc(OC(=O)c4ccc(F)cc4)c3C)C1=O)cn2C. The molecule has 6 nitrogen and oxygen atoms in total. The lowest BCUT2D eigenvalue weighted by molar-refractivity contribution is 0.0733. The Balaban J connectivity index is 1.46. The molecule has 34 heavy (non-hydrogen) atoms. The van der Waals surface area contributed by atoms with Crippen LogP contribution in [0.25, 0.3) is 17.0 Å². The van der Waals surface area contributed by atoms with Crippen LogP contribution in [0.15, 0.2) is 66.6 Å². The number of aryl methyl sites for hydroxylation is 1. The number of allylic oxidation sites excluding steroid dienone is 1. The molecule has 0 atom stereocenters. The second-order valence-electron chi connectivity index (χ2n) is 7.98. The minimum Gasteiger partial charge on any atom is -0.497 e. The van der Waals surface area contributed by atoms with E-state index in [0.717, 1.165) is 16.5 Å². The summed E-state index contributed by atoms with van der Waals surface area (Å²) in [6.07, 6.45) is 3.62. The highest BCUT2D eigenvalue weighted by molar-refractivity contribution is 6.15. The Morgan fingerprint density at radius 3 is 2.59 bits per heavy atom. The number of Topliss-reactive ketones (excluding diaryl/α,β-unsaturated/α-hetero) is 1. The number of carbonyl (C=O) groups excluding carboxylic acids is 2. The van der Waals surface area contributed by atoms with Gasteiger partial charge in [0.05, 0.1) is 18.2 Å². The van der Waals surface area contributed by atoms with E-state index in [1.165, 1.54) is 24.3 Å². The molecule has 7 heteroatoms. The summed E-state index contributed by atoms with van der Waals surface area (Å²) in [5.41, 5.74) is 2.92. The summed E-state index contributed by atoms with van der Waals surface area (Å²) in [6, 6.07) is 13.9. The van der Waals surface area contributed by atoms with E-state index >= 15 is 0 Å². The summed E-state index contributed by atoms with van der Waals surface area (Å²) in [4.78, 5) is 25.5. The number of hydrogen-bond acceptors (Lipinski definition) is 5. The number of aromatic nitrogens is 1. The van der Waals surface area contributed by atoms with Crippen molar-refractivity contribution in [3.05, 3.63) is 94.6 Å². The second-order valence-corrected chi connectivity index (χ2v) is 7.98. The summed E-state index contributed by atoms with van der Waals surface area (Å²) >= 11 is 0. The zero-order chi connectivity index (χ0) is 24.0. The number of benzene rings is 3. The van der Waals surface area contributed by atoms with Gasteiger partial charge in [-0.25, -0.2) is 9.18 Å². The monoisotopic (exact) mass is 457 g/mol. The van der Waals surface area contributed by atoms with Crippen LogP contribution in [0.2, 0.25) is 0 Å². The zero-order valence-electron chi connectivity index (χ0n) is 18.7. The molecule has 0 N–H and O–H groups in total.